The molecule has 5 heteroatoms. The van der Waals surface area contributed by atoms with Gasteiger partial charge < -0.3 is 16.4 Å². The molecule has 1 aromatic rings. The number of nitrogens with two attached hydrogens (primary N) is 2. The third-order valence-electron chi connectivity index (χ3n) is 3.35. The van der Waals surface area contributed by atoms with Crippen LogP contribution in [0.3, 0.4) is 0 Å². The molecule has 0 spiro atoms. The highest BCUT2D eigenvalue weighted by atomic mass is 79.9. The molecule has 1 fully saturated rings. The minimum atomic E-state index is 0.489. The van der Waals surface area contributed by atoms with Crippen molar-refractivity contribution in [3.05, 3.63) is 15.6 Å². The van der Waals surface area contributed by atoms with Crippen LogP contribution in [-0.2, 0) is 0 Å². The molecule has 0 bridgehead atoms. The van der Waals surface area contributed by atoms with Crippen molar-refractivity contribution in [3.8, 4) is 0 Å². The Morgan fingerprint density at radius 3 is 2.76 bits per heavy atom. The van der Waals surface area contributed by atoms with E-state index in [2.05, 4.69) is 27.8 Å². The highest BCUT2D eigenvalue weighted by Crippen LogP contribution is 2.43. The standard InChI is InChI=1S/C12H17BrClN3/c1-7-4-2-3-5-17(7)12-9(15)6-8(14)11(16)10(12)13/h6-7H,2-5,15-16H2,1H3/t7-/m0/s1. The van der Waals surface area contributed by atoms with Crippen molar-refractivity contribution in [3.63, 3.8) is 0 Å². The van der Waals surface area contributed by atoms with Gasteiger partial charge in [-0.15, -0.1) is 0 Å². The molecule has 0 radical (unpaired) electrons. The van der Waals surface area contributed by atoms with E-state index in [0.29, 0.717) is 22.4 Å². The Morgan fingerprint density at radius 2 is 2.12 bits per heavy atom. The molecule has 1 aromatic carbocycles. The van der Waals surface area contributed by atoms with E-state index in [1.807, 2.05) is 0 Å². The Balaban J connectivity index is 2.47. The van der Waals surface area contributed by atoms with Crippen molar-refractivity contribution in [1.29, 1.82) is 0 Å². The maximum Gasteiger partial charge on any atom is 0.0768 e. The van der Waals surface area contributed by atoms with Crippen LogP contribution in [0.5, 0.6) is 0 Å². The Morgan fingerprint density at radius 1 is 1.41 bits per heavy atom. The van der Waals surface area contributed by atoms with Gasteiger partial charge in [0.2, 0.25) is 0 Å². The highest BCUT2D eigenvalue weighted by Gasteiger charge is 2.24. The third kappa shape index (κ3) is 2.33. The molecule has 1 atom stereocenters. The lowest BCUT2D eigenvalue weighted by atomic mass is 10.0. The lowest BCUT2D eigenvalue weighted by molar-refractivity contribution is 0.485. The Labute approximate surface area is 115 Å². The molecule has 0 amide bonds. The SMILES string of the molecule is C[C@H]1CCCCN1c1c(N)cc(Cl)c(N)c1Br. The minimum Gasteiger partial charge on any atom is -0.397 e. The predicted molar refractivity (Wildman–Crippen MR) is 78.6 cm³/mol. The molecule has 0 saturated carbocycles. The first-order valence-electron chi connectivity index (χ1n) is 5.82. The summed E-state index contributed by atoms with van der Waals surface area (Å²) in [4.78, 5) is 2.32. The monoisotopic (exact) mass is 317 g/mol. The molecule has 17 heavy (non-hydrogen) atoms. The van der Waals surface area contributed by atoms with Gasteiger partial charge >= 0.3 is 0 Å². The number of piperidine rings is 1. The van der Waals surface area contributed by atoms with E-state index in [9.17, 15) is 0 Å². The zero-order valence-corrected chi connectivity index (χ0v) is 12.2. The van der Waals surface area contributed by atoms with Crippen LogP contribution >= 0.6 is 27.5 Å². The number of nitrogen functional groups attached to an aromatic ring is 2. The van der Waals surface area contributed by atoms with Crippen LogP contribution in [0.15, 0.2) is 10.5 Å². The van der Waals surface area contributed by atoms with Gasteiger partial charge in [0.05, 0.1) is 26.6 Å². The summed E-state index contributed by atoms with van der Waals surface area (Å²) in [6, 6.07) is 2.22. The Kier molecular flexibility index (Phi) is 3.73. The zero-order valence-electron chi connectivity index (χ0n) is 9.84. The maximum absolute atomic E-state index is 6.07. The maximum atomic E-state index is 6.07. The second-order valence-corrected chi connectivity index (χ2v) is 5.76. The van der Waals surface area contributed by atoms with Crippen LogP contribution in [0.2, 0.25) is 5.02 Å². The second kappa shape index (κ2) is 4.94. The Hall–Kier alpha value is -0.610. The van der Waals surface area contributed by atoms with Crippen molar-refractivity contribution < 1.29 is 0 Å². The van der Waals surface area contributed by atoms with Crippen molar-refractivity contribution in [1.82, 2.24) is 0 Å². The van der Waals surface area contributed by atoms with Crippen molar-refractivity contribution in [2.45, 2.75) is 32.2 Å². The van der Waals surface area contributed by atoms with E-state index >= 15 is 0 Å². The fourth-order valence-electron chi connectivity index (χ4n) is 2.36. The fourth-order valence-corrected chi connectivity index (χ4v) is 3.36. The molecule has 1 aliphatic rings. The quantitative estimate of drug-likeness (QED) is 0.777. The average Bonchev–Trinajstić information content (AvgIpc) is 2.29. The molecule has 0 aliphatic carbocycles. The molecule has 1 heterocycles. The number of hydrogen-bond donors (Lipinski definition) is 2. The fraction of sp³-hybridized carbons (Fsp3) is 0.500. The largest absolute Gasteiger partial charge is 0.397 e. The minimum absolute atomic E-state index is 0.489. The number of nitrogens with zero attached hydrogens (tertiary/aromatic N) is 1. The van der Waals surface area contributed by atoms with Gasteiger partial charge in [-0.05, 0) is 48.2 Å². The second-order valence-electron chi connectivity index (χ2n) is 4.56. The van der Waals surface area contributed by atoms with Gasteiger partial charge in [-0.25, -0.2) is 0 Å². The summed E-state index contributed by atoms with van der Waals surface area (Å²) < 4.78 is 0.816. The van der Waals surface area contributed by atoms with Crippen LogP contribution in [0.4, 0.5) is 17.1 Å². The van der Waals surface area contributed by atoms with Gasteiger partial charge in [-0.3, -0.25) is 0 Å². The van der Waals surface area contributed by atoms with Gasteiger partial charge in [0, 0.05) is 12.6 Å². The number of anilines is 3. The van der Waals surface area contributed by atoms with Crippen molar-refractivity contribution in [2.24, 2.45) is 0 Å². The van der Waals surface area contributed by atoms with Gasteiger partial charge in [0.25, 0.3) is 0 Å². The van der Waals surface area contributed by atoms with E-state index < -0.39 is 0 Å². The highest BCUT2D eigenvalue weighted by molar-refractivity contribution is 9.10. The van der Waals surface area contributed by atoms with Crippen LogP contribution in [0, 0.1) is 0 Å². The summed E-state index contributed by atoms with van der Waals surface area (Å²) in [5.41, 5.74) is 14.2. The number of rotatable bonds is 1. The first-order chi connectivity index (χ1) is 8.02. The van der Waals surface area contributed by atoms with E-state index in [1.165, 1.54) is 19.3 Å². The molecule has 0 unspecified atom stereocenters. The number of benzene rings is 1. The molecule has 0 aromatic heterocycles. The lowest BCUT2D eigenvalue weighted by Gasteiger charge is -2.37. The summed E-state index contributed by atoms with van der Waals surface area (Å²) in [7, 11) is 0. The van der Waals surface area contributed by atoms with E-state index in [-0.39, 0.29) is 0 Å². The molecule has 3 nitrogen and oxygen atoms in total. The van der Waals surface area contributed by atoms with Crippen LogP contribution in [0.25, 0.3) is 0 Å². The summed E-state index contributed by atoms with van der Waals surface area (Å²) in [6.45, 7) is 3.24. The summed E-state index contributed by atoms with van der Waals surface area (Å²) >= 11 is 9.53. The smallest absolute Gasteiger partial charge is 0.0768 e. The lowest BCUT2D eigenvalue weighted by Crippen LogP contribution is -2.38. The summed E-state index contributed by atoms with van der Waals surface area (Å²) in [6.07, 6.45) is 3.66. The molecule has 1 aliphatic heterocycles. The first kappa shape index (κ1) is 12.8. The predicted octanol–water partition coefficient (Wildman–Crippen LogP) is 3.65. The third-order valence-corrected chi connectivity index (χ3v) is 4.46. The molecule has 2 rings (SSSR count). The van der Waals surface area contributed by atoms with Gasteiger partial charge in [0.1, 0.15) is 0 Å². The molecular weight excluding hydrogens is 302 g/mol. The zero-order chi connectivity index (χ0) is 12.6. The van der Waals surface area contributed by atoms with Gasteiger partial charge in [-0.2, -0.15) is 0 Å². The summed E-state index contributed by atoms with van der Waals surface area (Å²) in [5.74, 6) is 0. The van der Waals surface area contributed by atoms with Crippen LogP contribution in [0.1, 0.15) is 26.2 Å². The van der Waals surface area contributed by atoms with Crippen molar-refractivity contribution >= 4 is 44.6 Å². The van der Waals surface area contributed by atoms with E-state index in [1.54, 1.807) is 6.07 Å². The first-order valence-corrected chi connectivity index (χ1v) is 6.99. The van der Waals surface area contributed by atoms with E-state index in [0.717, 1.165) is 16.7 Å². The molecule has 94 valence electrons. The molecule has 4 N–H and O–H groups in total. The summed E-state index contributed by atoms with van der Waals surface area (Å²) in [5, 5.41) is 0.503. The molecule has 1 saturated heterocycles. The topological polar surface area (TPSA) is 55.3 Å². The van der Waals surface area contributed by atoms with Crippen LogP contribution < -0.4 is 16.4 Å². The Bertz CT molecular complexity index is 436. The normalized spacial score (nSPS) is 20.6. The van der Waals surface area contributed by atoms with Crippen molar-refractivity contribution in [2.75, 3.05) is 22.9 Å². The van der Waals surface area contributed by atoms with E-state index in [4.69, 9.17) is 23.1 Å². The average molecular weight is 319 g/mol. The van der Waals surface area contributed by atoms with Crippen LogP contribution in [-0.4, -0.2) is 12.6 Å². The van der Waals surface area contributed by atoms with Gasteiger partial charge in [0.15, 0.2) is 0 Å². The van der Waals surface area contributed by atoms with Gasteiger partial charge in [-0.1, -0.05) is 11.6 Å². The number of halogens is 2. The number of hydrogen-bond acceptors (Lipinski definition) is 3. The molecular formula is C12H17BrClN3.